The largest absolute Gasteiger partial charge is 0.225 e. The predicted octanol–water partition coefficient (Wildman–Crippen LogP) is 3.00. The second-order valence-corrected chi connectivity index (χ2v) is 3.99. The first-order valence-corrected chi connectivity index (χ1v) is 5.49. The fraction of sp³-hybridized carbons (Fsp3) is 0.0714. The molecule has 0 saturated carbocycles. The SMILES string of the molecule is Cc1ccc(-c2nnc3ccccc3n2)cc1. The summed E-state index contributed by atoms with van der Waals surface area (Å²) in [5, 5.41) is 8.31. The average molecular weight is 221 g/mol. The molecule has 3 aromatic rings. The number of aromatic nitrogens is 3. The lowest BCUT2D eigenvalue weighted by atomic mass is 10.1. The number of hydrogen-bond donors (Lipinski definition) is 0. The molecule has 0 amide bonds. The van der Waals surface area contributed by atoms with E-state index in [-0.39, 0.29) is 0 Å². The van der Waals surface area contributed by atoms with E-state index in [4.69, 9.17) is 0 Å². The summed E-state index contributed by atoms with van der Waals surface area (Å²) in [6.45, 7) is 2.06. The lowest BCUT2D eigenvalue weighted by molar-refractivity contribution is 1.03. The maximum absolute atomic E-state index is 4.50. The van der Waals surface area contributed by atoms with Crippen molar-refractivity contribution >= 4 is 11.0 Å². The minimum atomic E-state index is 0.670. The topological polar surface area (TPSA) is 38.7 Å². The Balaban J connectivity index is 2.14. The van der Waals surface area contributed by atoms with Crippen molar-refractivity contribution in [1.82, 2.24) is 15.2 Å². The smallest absolute Gasteiger partial charge is 0.182 e. The fourth-order valence-corrected chi connectivity index (χ4v) is 1.71. The van der Waals surface area contributed by atoms with Crippen LogP contribution in [0, 0.1) is 6.92 Å². The zero-order chi connectivity index (χ0) is 11.7. The van der Waals surface area contributed by atoms with Crippen LogP contribution in [0.4, 0.5) is 0 Å². The van der Waals surface area contributed by atoms with Crippen LogP contribution in [-0.4, -0.2) is 15.2 Å². The predicted molar refractivity (Wildman–Crippen MR) is 67.5 cm³/mol. The summed E-state index contributed by atoms with van der Waals surface area (Å²) in [5.74, 6) is 0.670. The van der Waals surface area contributed by atoms with E-state index in [1.807, 2.05) is 48.5 Å². The molecule has 0 N–H and O–H groups in total. The van der Waals surface area contributed by atoms with Crippen LogP contribution in [-0.2, 0) is 0 Å². The van der Waals surface area contributed by atoms with Crippen molar-refractivity contribution in [2.45, 2.75) is 6.92 Å². The maximum Gasteiger partial charge on any atom is 0.182 e. The summed E-state index contributed by atoms with van der Waals surface area (Å²) in [5.41, 5.74) is 3.91. The van der Waals surface area contributed by atoms with Crippen LogP contribution in [0.1, 0.15) is 5.56 Å². The Labute approximate surface area is 99.2 Å². The molecular weight excluding hydrogens is 210 g/mol. The molecule has 0 bridgehead atoms. The highest BCUT2D eigenvalue weighted by Crippen LogP contribution is 2.16. The quantitative estimate of drug-likeness (QED) is 0.634. The van der Waals surface area contributed by atoms with Crippen LogP contribution in [0.5, 0.6) is 0 Å². The molecule has 17 heavy (non-hydrogen) atoms. The third-order valence-electron chi connectivity index (χ3n) is 2.67. The zero-order valence-corrected chi connectivity index (χ0v) is 9.46. The Morgan fingerprint density at radius 1 is 0.765 bits per heavy atom. The third kappa shape index (κ3) is 1.87. The van der Waals surface area contributed by atoms with Crippen molar-refractivity contribution in [2.75, 3.05) is 0 Å². The minimum Gasteiger partial charge on any atom is -0.225 e. The molecular formula is C14H11N3. The average Bonchev–Trinajstić information content (AvgIpc) is 2.39. The zero-order valence-electron chi connectivity index (χ0n) is 9.46. The van der Waals surface area contributed by atoms with Gasteiger partial charge in [0, 0.05) is 5.56 Å². The molecule has 2 aromatic carbocycles. The molecule has 3 rings (SSSR count). The Bertz CT molecular complexity index is 660. The molecule has 3 heteroatoms. The van der Waals surface area contributed by atoms with Crippen molar-refractivity contribution in [3.63, 3.8) is 0 Å². The van der Waals surface area contributed by atoms with Crippen molar-refractivity contribution in [2.24, 2.45) is 0 Å². The van der Waals surface area contributed by atoms with Gasteiger partial charge in [-0.05, 0) is 19.1 Å². The van der Waals surface area contributed by atoms with Gasteiger partial charge in [-0.3, -0.25) is 0 Å². The normalized spacial score (nSPS) is 10.6. The van der Waals surface area contributed by atoms with Crippen LogP contribution in [0.3, 0.4) is 0 Å². The van der Waals surface area contributed by atoms with Crippen molar-refractivity contribution in [3.05, 3.63) is 54.1 Å². The molecule has 0 spiro atoms. The Morgan fingerprint density at radius 2 is 1.47 bits per heavy atom. The maximum atomic E-state index is 4.50. The van der Waals surface area contributed by atoms with Crippen LogP contribution in [0.25, 0.3) is 22.4 Å². The molecule has 1 aromatic heterocycles. The molecule has 0 aliphatic rings. The number of hydrogen-bond acceptors (Lipinski definition) is 3. The van der Waals surface area contributed by atoms with E-state index in [0.29, 0.717) is 5.82 Å². The van der Waals surface area contributed by atoms with Crippen molar-refractivity contribution < 1.29 is 0 Å². The highest BCUT2D eigenvalue weighted by atomic mass is 15.1. The number of fused-ring (bicyclic) bond motifs is 1. The first-order chi connectivity index (χ1) is 8.33. The minimum absolute atomic E-state index is 0.670. The molecule has 1 heterocycles. The Hall–Kier alpha value is -2.29. The van der Waals surface area contributed by atoms with E-state index in [2.05, 4.69) is 22.1 Å². The number of benzene rings is 2. The molecule has 0 unspecified atom stereocenters. The molecule has 0 fully saturated rings. The Morgan fingerprint density at radius 3 is 2.24 bits per heavy atom. The van der Waals surface area contributed by atoms with Gasteiger partial charge in [-0.1, -0.05) is 42.0 Å². The van der Waals surface area contributed by atoms with Crippen LogP contribution < -0.4 is 0 Å². The number of aryl methyl sites for hydroxylation is 1. The van der Waals surface area contributed by atoms with Gasteiger partial charge in [0.1, 0.15) is 5.52 Å². The standard InChI is InChI=1S/C14H11N3/c1-10-6-8-11(9-7-10)14-15-12-4-2-3-5-13(12)16-17-14/h2-9H,1H3. The molecule has 0 radical (unpaired) electrons. The van der Waals surface area contributed by atoms with Gasteiger partial charge in [-0.25, -0.2) is 4.98 Å². The molecule has 3 nitrogen and oxygen atoms in total. The molecule has 0 atom stereocenters. The van der Waals surface area contributed by atoms with Crippen LogP contribution in [0.15, 0.2) is 48.5 Å². The van der Waals surface area contributed by atoms with E-state index in [0.717, 1.165) is 16.6 Å². The van der Waals surface area contributed by atoms with Gasteiger partial charge in [0.2, 0.25) is 0 Å². The summed E-state index contributed by atoms with van der Waals surface area (Å²) in [6, 6.07) is 15.9. The second-order valence-electron chi connectivity index (χ2n) is 3.99. The summed E-state index contributed by atoms with van der Waals surface area (Å²) >= 11 is 0. The molecule has 0 aliphatic carbocycles. The number of rotatable bonds is 1. The molecule has 0 aliphatic heterocycles. The first kappa shape index (κ1) is 9.90. The van der Waals surface area contributed by atoms with Gasteiger partial charge in [0.15, 0.2) is 5.82 Å². The summed E-state index contributed by atoms with van der Waals surface area (Å²) in [6.07, 6.45) is 0. The van der Waals surface area contributed by atoms with Crippen molar-refractivity contribution in [1.29, 1.82) is 0 Å². The first-order valence-electron chi connectivity index (χ1n) is 5.49. The van der Waals surface area contributed by atoms with Crippen molar-refractivity contribution in [3.8, 4) is 11.4 Å². The van der Waals surface area contributed by atoms with Gasteiger partial charge >= 0.3 is 0 Å². The van der Waals surface area contributed by atoms with Crippen LogP contribution in [0.2, 0.25) is 0 Å². The second kappa shape index (κ2) is 3.94. The summed E-state index contributed by atoms with van der Waals surface area (Å²) in [4.78, 5) is 4.50. The lowest BCUT2D eigenvalue weighted by Crippen LogP contribution is -1.93. The van der Waals surface area contributed by atoms with E-state index in [1.54, 1.807) is 0 Å². The van der Waals surface area contributed by atoms with Gasteiger partial charge in [-0.15, -0.1) is 10.2 Å². The summed E-state index contributed by atoms with van der Waals surface area (Å²) in [7, 11) is 0. The monoisotopic (exact) mass is 221 g/mol. The number of para-hydroxylation sites is 1. The van der Waals surface area contributed by atoms with E-state index in [1.165, 1.54) is 5.56 Å². The van der Waals surface area contributed by atoms with Gasteiger partial charge in [-0.2, -0.15) is 0 Å². The van der Waals surface area contributed by atoms with Gasteiger partial charge in [0.25, 0.3) is 0 Å². The van der Waals surface area contributed by atoms with E-state index < -0.39 is 0 Å². The van der Waals surface area contributed by atoms with E-state index >= 15 is 0 Å². The molecule has 82 valence electrons. The van der Waals surface area contributed by atoms with Gasteiger partial charge in [0.05, 0.1) is 5.52 Å². The Kier molecular flexibility index (Phi) is 2.29. The third-order valence-corrected chi connectivity index (χ3v) is 2.67. The number of nitrogens with zero attached hydrogens (tertiary/aromatic N) is 3. The summed E-state index contributed by atoms with van der Waals surface area (Å²) < 4.78 is 0. The van der Waals surface area contributed by atoms with Crippen LogP contribution >= 0.6 is 0 Å². The molecule has 0 saturated heterocycles. The lowest BCUT2D eigenvalue weighted by Gasteiger charge is -2.01. The highest BCUT2D eigenvalue weighted by Gasteiger charge is 2.03. The fourth-order valence-electron chi connectivity index (χ4n) is 1.71. The van der Waals surface area contributed by atoms with Gasteiger partial charge < -0.3 is 0 Å². The highest BCUT2D eigenvalue weighted by molar-refractivity contribution is 5.75. The van der Waals surface area contributed by atoms with E-state index in [9.17, 15) is 0 Å².